The topological polar surface area (TPSA) is 92.3 Å². The van der Waals surface area contributed by atoms with Crippen LogP contribution in [0.2, 0.25) is 5.15 Å². The van der Waals surface area contributed by atoms with Crippen LogP contribution >= 0.6 is 22.9 Å². The minimum Gasteiger partial charge on any atom is -0.355 e. The molecule has 0 saturated carbocycles. The predicted octanol–water partition coefficient (Wildman–Crippen LogP) is 3.07. The number of nitrogens with one attached hydrogen (secondary N) is 1. The number of nitrogens with zero attached hydrogens (tertiary/aromatic N) is 3. The number of amides is 1. The number of rotatable bonds is 7. The quantitative estimate of drug-likeness (QED) is 0.646. The molecule has 10 heteroatoms. The normalized spacial score (nSPS) is 16.3. The molecule has 2 aromatic heterocycles. The van der Waals surface area contributed by atoms with E-state index in [4.69, 9.17) is 11.6 Å². The molecule has 29 heavy (non-hydrogen) atoms. The number of sulfonamides is 1. The van der Waals surface area contributed by atoms with Crippen LogP contribution in [0.4, 0.5) is 0 Å². The summed E-state index contributed by atoms with van der Waals surface area (Å²) in [5.74, 6) is 0.194. The Balaban J connectivity index is 1.48. The highest BCUT2D eigenvalue weighted by Crippen LogP contribution is 2.27. The maximum absolute atomic E-state index is 12.8. The molecule has 0 bridgehead atoms. The van der Waals surface area contributed by atoms with Gasteiger partial charge >= 0.3 is 0 Å². The van der Waals surface area contributed by atoms with Crippen LogP contribution in [-0.2, 0) is 21.2 Å². The number of aromatic nitrogens is 2. The fraction of sp³-hybridized carbons (Fsp3) is 0.526. The van der Waals surface area contributed by atoms with E-state index in [0.717, 1.165) is 10.7 Å². The van der Waals surface area contributed by atoms with Gasteiger partial charge in [0.2, 0.25) is 15.9 Å². The summed E-state index contributed by atoms with van der Waals surface area (Å²) in [4.78, 5) is 20.9. The van der Waals surface area contributed by atoms with Crippen molar-refractivity contribution in [3.63, 3.8) is 0 Å². The Morgan fingerprint density at radius 3 is 2.72 bits per heavy atom. The molecule has 0 radical (unpaired) electrons. The van der Waals surface area contributed by atoms with E-state index in [-0.39, 0.29) is 35.0 Å². The lowest BCUT2D eigenvalue weighted by molar-refractivity contribution is -0.126. The van der Waals surface area contributed by atoms with E-state index in [9.17, 15) is 13.2 Å². The smallest absolute Gasteiger partial charge is 0.246 e. The number of carbonyl (C=O) groups excluding carboxylic acids is 1. The number of hydrogen-bond acceptors (Lipinski definition) is 6. The first kappa shape index (κ1) is 22.1. The first-order chi connectivity index (χ1) is 13.8. The number of carbonyl (C=O) groups is 1. The maximum Gasteiger partial charge on any atom is 0.246 e. The first-order valence-corrected chi connectivity index (χ1v) is 12.3. The number of piperidine rings is 1. The molecule has 1 aliphatic rings. The summed E-state index contributed by atoms with van der Waals surface area (Å²) in [6, 6.07) is 3.00. The Bertz CT molecular complexity index is 954. The minimum atomic E-state index is -3.70. The zero-order valence-electron chi connectivity index (χ0n) is 16.5. The largest absolute Gasteiger partial charge is 0.355 e. The maximum atomic E-state index is 12.8. The minimum absolute atomic E-state index is 0.00796. The van der Waals surface area contributed by atoms with Gasteiger partial charge < -0.3 is 5.32 Å². The van der Waals surface area contributed by atoms with Crippen LogP contribution in [0.1, 0.15) is 43.3 Å². The van der Waals surface area contributed by atoms with Gasteiger partial charge in [-0.3, -0.25) is 4.79 Å². The highest BCUT2D eigenvalue weighted by Gasteiger charge is 2.33. The molecule has 0 unspecified atom stereocenters. The van der Waals surface area contributed by atoms with Crippen molar-refractivity contribution in [3.05, 3.63) is 39.6 Å². The van der Waals surface area contributed by atoms with Crippen LogP contribution in [0, 0.1) is 5.92 Å². The van der Waals surface area contributed by atoms with Crippen LogP contribution in [0.25, 0.3) is 0 Å². The predicted molar refractivity (Wildman–Crippen MR) is 114 cm³/mol. The zero-order chi connectivity index (χ0) is 21.0. The summed E-state index contributed by atoms with van der Waals surface area (Å²) >= 11 is 7.59. The SMILES string of the molecule is CC(C)c1nc(CCNC(=O)C2CCN(S(=O)(=O)c3cccnc3Cl)CC2)cs1. The third-order valence-electron chi connectivity index (χ3n) is 4.91. The van der Waals surface area contributed by atoms with Crippen molar-refractivity contribution >= 4 is 38.9 Å². The lowest BCUT2D eigenvalue weighted by atomic mass is 9.97. The highest BCUT2D eigenvalue weighted by molar-refractivity contribution is 7.89. The second-order valence-electron chi connectivity index (χ2n) is 7.34. The van der Waals surface area contributed by atoms with Crippen LogP contribution in [-0.4, -0.2) is 48.2 Å². The van der Waals surface area contributed by atoms with E-state index in [0.29, 0.717) is 31.7 Å². The molecule has 3 heterocycles. The Hall–Kier alpha value is -1.55. The highest BCUT2D eigenvalue weighted by atomic mass is 35.5. The Kier molecular flexibility index (Phi) is 7.26. The summed E-state index contributed by atoms with van der Waals surface area (Å²) in [7, 11) is -3.70. The Labute approximate surface area is 180 Å². The van der Waals surface area contributed by atoms with Crippen LogP contribution in [0.15, 0.2) is 28.6 Å². The van der Waals surface area contributed by atoms with E-state index >= 15 is 0 Å². The molecule has 2 aromatic rings. The van der Waals surface area contributed by atoms with E-state index in [1.54, 1.807) is 17.4 Å². The summed E-state index contributed by atoms with van der Waals surface area (Å²) in [6.45, 7) is 5.33. The van der Waals surface area contributed by atoms with E-state index < -0.39 is 10.0 Å². The van der Waals surface area contributed by atoms with Crippen molar-refractivity contribution < 1.29 is 13.2 Å². The molecule has 0 spiro atoms. The van der Waals surface area contributed by atoms with Gasteiger partial charge in [-0.2, -0.15) is 4.31 Å². The molecule has 158 valence electrons. The fourth-order valence-electron chi connectivity index (χ4n) is 3.22. The van der Waals surface area contributed by atoms with Gasteiger partial charge in [0.25, 0.3) is 0 Å². The van der Waals surface area contributed by atoms with Crippen molar-refractivity contribution in [2.75, 3.05) is 19.6 Å². The van der Waals surface area contributed by atoms with Crippen molar-refractivity contribution in [2.45, 2.75) is 43.9 Å². The average Bonchev–Trinajstić information content (AvgIpc) is 3.17. The molecular weight excluding hydrogens is 432 g/mol. The molecule has 1 amide bonds. The van der Waals surface area contributed by atoms with E-state index in [1.165, 1.54) is 16.6 Å². The second-order valence-corrected chi connectivity index (χ2v) is 10.5. The standard InChI is InChI=1S/C19H25ClN4O3S2/c1-13(2)19-23-15(12-28-19)5-9-22-18(25)14-6-10-24(11-7-14)29(26,27)16-4-3-8-21-17(16)20/h3-4,8,12-14H,5-7,9-11H2,1-2H3,(H,22,25). The van der Waals surface area contributed by atoms with Crippen LogP contribution < -0.4 is 5.32 Å². The summed E-state index contributed by atoms with van der Waals surface area (Å²) in [5.41, 5.74) is 0.994. The Morgan fingerprint density at radius 1 is 1.38 bits per heavy atom. The molecule has 1 aliphatic heterocycles. The molecule has 7 nitrogen and oxygen atoms in total. The lowest BCUT2D eigenvalue weighted by Crippen LogP contribution is -2.43. The van der Waals surface area contributed by atoms with Gasteiger partial charge in [-0.25, -0.2) is 18.4 Å². The summed E-state index contributed by atoms with van der Waals surface area (Å²) in [5, 5.41) is 6.07. The average molecular weight is 457 g/mol. The first-order valence-electron chi connectivity index (χ1n) is 9.61. The van der Waals surface area contributed by atoms with Crippen molar-refractivity contribution in [2.24, 2.45) is 5.92 Å². The van der Waals surface area contributed by atoms with Gasteiger partial charge in [0.05, 0.1) is 10.7 Å². The van der Waals surface area contributed by atoms with Gasteiger partial charge in [-0.1, -0.05) is 25.4 Å². The molecular formula is C19H25ClN4O3S2. The summed E-state index contributed by atoms with van der Waals surface area (Å²) in [6.07, 6.45) is 3.11. The van der Waals surface area contributed by atoms with Crippen LogP contribution in [0.3, 0.4) is 0 Å². The fourth-order valence-corrected chi connectivity index (χ4v) is 5.99. The molecule has 0 aromatic carbocycles. The van der Waals surface area contributed by atoms with Crippen LogP contribution in [0.5, 0.6) is 0 Å². The third kappa shape index (κ3) is 5.33. The number of thiazole rings is 1. The van der Waals surface area contributed by atoms with Crippen molar-refractivity contribution in [3.8, 4) is 0 Å². The summed E-state index contributed by atoms with van der Waals surface area (Å²) < 4.78 is 26.9. The Morgan fingerprint density at radius 2 is 2.10 bits per heavy atom. The third-order valence-corrected chi connectivity index (χ3v) is 8.45. The van der Waals surface area contributed by atoms with E-state index in [2.05, 4.69) is 29.1 Å². The van der Waals surface area contributed by atoms with Crippen molar-refractivity contribution in [1.82, 2.24) is 19.6 Å². The van der Waals surface area contributed by atoms with Gasteiger partial charge in [0.1, 0.15) is 10.0 Å². The number of hydrogen-bond donors (Lipinski definition) is 1. The zero-order valence-corrected chi connectivity index (χ0v) is 18.9. The molecule has 0 aliphatic carbocycles. The molecule has 1 N–H and O–H groups in total. The molecule has 0 atom stereocenters. The van der Waals surface area contributed by atoms with E-state index in [1.807, 2.05) is 5.38 Å². The van der Waals surface area contributed by atoms with Crippen molar-refractivity contribution in [1.29, 1.82) is 0 Å². The second kappa shape index (κ2) is 9.51. The lowest BCUT2D eigenvalue weighted by Gasteiger charge is -2.30. The van der Waals surface area contributed by atoms with Gasteiger partial charge in [0, 0.05) is 49.5 Å². The molecule has 1 fully saturated rings. The molecule has 3 rings (SSSR count). The van der Waals surface area contributed by atoms with Gasteiger partial charge in [-0.05, 0) is 25.0 Å². The number of halogens is 1. The van der Waals surface area contributed by atoms with Gasteiger partial charge in [-0.15, -0.1) is 11.3 Å². The monoisotopic (exact) mass is 456 g/mol. The molecule has 1 saturated heterocycles. The van der Waals surface area contributed by atoms with Gasteiger partial charge in [0.15, 0.2) is 0 Å². The number of pyridine rings is 1.